The molecule has 0 spiro atoms. The van der Waals surface area contributed by atoms with Gasteiger partial charge in [-0.15, -0.1) is 0 Å². The first kappa shape index (κ1) is 15.4. The second-order valence-electron chi connectivity index (χ2n) is 5.21. The second kappa shape index (κ2) is 6.20. The Hall–Kier alpha value is -0.980. The molecule has 0 bridgehead atoms. The third kappa shape index (κ3) is 3.37. The molecule has 1 aromatic carbocycles. The van der Waals surface area contributed by atoms with Crippen molar-refractivity contribution in [3.8, 4) is 0 Å². The monoisotopic (exact) mass is 301 g/mol. The molecule has 112 valence electrons. The fourth-order valence-electron chi connectivity index (χ4n) is 2.18. The van der Waals surface area contributed by atoms with Crippen molar-refractivity contribution < 1.29 is 17.9 Å². The Labute approximate surface area is 119 Å². The number of rotatable bonds is 7. The number of hydrogen-bond acceptors (Lipinski definition) is 3. The molecule has 4 nitrogen and oxygen atoms in total. The van der Waals surface area contributed by atoms with Crippen LogP contribution >= 0.6 is 0 Å². The molecular formula is C14H20FNO3S. The lowest BCUT2D eigenvalue weighted by molar-refractivity contribution is 0.275. The van der Waals surface area contributed by atoms with Gasteiger partial charge < -0.3 is 5.11 Å². The van der Waals surface area contributed by atoms with Crippen molar-refractivity contribution in [1.82, 2.24) is 4.31 Å². The predicted octanol–water partition coefficient (Wildman–Crippen LogP) is 2.06. The van der Waals surface area contributed by atoms with E-state index >= 15 is 0 Å². The Morgan fingerprint density at radius 1 is 1.35 bits per heavy atom. The molecule has 1 aliphatic carbocycles. The lowest BCUT2D eigenvalue weighted by Crippen LogP contribution is -2.34. The predicted molar refractivity (Wildman–Crippen MR) is 74.4 cm³/mol. The number of halogens is 1. The van der Waals surface area contributed by atoms with Gasteiger partial charge in [-0.3, -0.25) is 0 Å². The molecule has 2 rings (SSSR count). The molecule has 6 heteroatoms. The molecule has 0 amide bonds. The van der Waals surface area contributed by atoms with Gasteiger partial charge in [-0.2, -0.15) is 4.31 Å². The van der Waals surface area contributed by atoms with Crippen LogP contribution in [0.15, 0.2) is 23.1 Å². The molecule has 0 radical (unpaired) electrons. The summed E-state index contributed by atoms with van der Waals surface area (Å²) in [7, 11) is -3.79. The zero-order valence-corrected chi connectivity index (χ0v) is 12.4. The molecule has 1 aromatic rings. The van der Waals surface area contributed by atoms with E-state index < -0.39 is 15.8 Å². The summed E-state index contributed by atoms with van der Waals surface area (Å²) >= 11 is 0. The molecule has 0 heterocycles. The first-order valence-electron chi connectivity index (χ1n) is 6.85. The van der Waals surface area contributed by atoms with E-state index in [-0.39, 0.29) is 17.5 Å². The molecular weight excluding hydrogens is 281 g/mol. The van der Waals surface area contributed by atoms with E-state index in [2.05, 4.69) is 0 Å². The highest BCUT2D eigenvalue weighted by atomic mass is 32.2. The minimum Gasteiger partial charge on any atom is -0.396 e. The standard InChI is InChI=1S/C14H20FNO3S/c1-11-4-7-13(15)14(10-11)20(18,19)16(12-5-6-12)8-2-3-9-17/h4,7,10,12,17H,2-3,5-6,8-9H2,1H3. The van der Waals surface area contributed by atoms with E-state index in [1.165, 1.54) is 16.4 Å². The summed E-state index contributed by atoms with van der Waals surface area (Å²) in [4.78, 5) is -0.242. The summed E-state index contributed by atoms with van der Waals surface area (Å²) in [6.45, 7) is 2.12. The first-order chi connectivity index (χ1) is 9.46. The maximum atomic E-state index is 13.9. The van der Waals surface area contributed by atoms with Gasteiger partial charge >= 0.3 is 0 Å². The number of aryl methyl sites for hydroxylation is 1. The quantitative estimate of drug-likeness (QED) is 0.784. The lowest BCUT2D eigenvalue weighted by atomic mass is 10.2. The van der Waals surface area contributed by atoms with E-state index in [9.17, 15) is 12.8 Å². The fraction of sp³-hybridized carbons (Fsp3) is 0.571. The molecule has 0 atom stereocenters. The number of sulfonamides is 1. The topological polar surface area (TPSA) is 57.6 Å². The van der Waals surface area contributed by atoms with Gasteiger partial charge in [0.1, 0.15) is 10.7 Å². The average molecular weight is 301 g/mol. The van der Waals surface area contributed by atoms with E-state index in [0.717, 1.165) is 18.4 Å². The summed E-state index contributed by atoms with van der Waals surface area (Å²) in [5.41, 5.74) is 0.719. The summed E-state index contributed by atoms with van der Waals surface area (Å²) in [5.74, 6) is -0.705. The number of hydrogen-bond donors (Lipinski definition) is 1. The summed E-state index contributed by atoms with van der Waals surface area (Å²) < 4.78 is 40.5. The number of benzene rings is 1. The van der Waals surface area contributed by atoms with E-state index in [1.54, 1.807) is 13.0 Å². The molecule has 1 saturated carbocycles. The zero-order valence-electron chi connectivity index (χ0n) is 11.5. The van der Waals surface area contributed by atoms with Crippen LogP contribution in [0.4, 0.5) is 4.39 Å². The summed E-state index contributed by atoms with van der Waals surface area (Å²) in [6.07, 6.45) is 2.78. The third-order valence-electron chi connectivity index (χ3n) is 3.41. The second-order valence-corrected chi connectivity index (χ2v) is 7.07. The molecule has 0 saturated heterocycles. The summed E-state index contributed by atoms with van der Waals surface area (Å²) in [5, 5.41) is 8.81. The zero-order chi connectivity index (χ0) is 14.8. The molecule has 0 aromatic heterocycles. The number of unbranched alkanes of at least 4 members (excludes halogenated alkanes) is 1. The van der Waals surface area contributed by atoms with Gasteiger partial charge in [0.15, 0.2) is 0 Å². The maximum Gasteiger partial charge on any atom is 0.246 e. The van der Waals surface area contributed by atoms with Crippen LogP contribution in [0.5, 0.6) is 0 Å². The van der Waals surface area contributed by atoms with Gasteiger partial charge in [-0.25, -0.2) is 12.8 Å². The highest BCUT2D eigenvalue weighted by Crippen LogP contribution is 2.33. The maximum absolute atomic E-state index is 13.9. The largest absolute Gasteiger partial charge is 0.396 e. The Morgan fingerprint density at radius 2 is 2.05 bits per heavy atom. The minimum atomic E-state index is -3.79. The Kier molecular flexibility index (Phi) is 4.78. The smallest absolute Gasteiger partial charge is 0.246 e. The average Bonchev–Trinajstić information content (AvgIpc) is 3.21. The van der Waals surface area contributed by atoms with Crippen molar-refractivity contribution in [2.45, 2.75) is 43.5 Å². The molecule has 1 fully saturated rings. The van der Waals surface area contributed by atoms with Crippen LogP contribution < -0.4 is 0 Å². The van der Waals surface area contributed by atoms with Crippen LogP contribution in [-0.4, -0.2) is 37.0 Å². The number of nitrogens with zero attached hydrogens (tertiary/aromatic N) is 1. The van der Waals surface area contributed by atoms with E-state index in [1.807, 2.05) is 0 Å². The lowest BCUT2D eigenvalue weighted by Gasteiger charge is -2.22. The Bertz CT molecular complexity index is 570. The Balaban J connectivity index is 2.27. The van der Waals surface area contributed by atoms with Crippen LogP contribution in [0.2, 0.25) is 0 Å². The molecule has 0 aliphatic heterocycles. The van der Waals surface area contributed by atoms with Crippen molar-refractivity contribution in [3.05, 3.63) is 29.6 Å². The third-order valence-corrected chi connectivity index (χ3v) is 5.38. The van der Waals surface area contributed by atoms with Crippen molar-refractivity contribution in [2.75, 3.05) is 13.2 Å². The number of aliphatic hydroxyl groups excluding tert-OH is 1. The van der Waals surface area contributed by atoms with E-state index in [4.69, 9.17) is 5.11 Å². The fourth-order valence-corrected chi connectivity index (χ4v) is 4.05. The van der Waals surface area contributed by atoms with Gasteiger partial charge in [0.25, 0.3) is 0 Å². The van der Waals surface area contributed by atoms with Gasteiger partial charge in [0.05, 0.1) is 0 Å². The van der Waals surface area contributed by atoms with Gasteiger partial charge in [-0.1, -0.05) is 6.07 Å². The van der Waals surface area contributed by atoms with Crippen molar-refractivity contribution in [1.29, 1.82) is 0 Å². The van der Waals surface area contributed by atoms with E-state index in [0.29, 0.717) is 19.4 Å². The van der Waals surface area contributed by atoms with Gasteiger partial charge in [0.2, 0.25) is 10.0 Å². The minimum absolute atomic E-state index is 0.0152. The molecule has 1 aliphatic rings. The summed E-state index contributed by atoms with van der Waals surface area (Å²) in [6, 6.07) is 4.12. The number of aliphatic hydroxyl groups is 1. The molecule has 0 unspecified atom stereocenters. The van der Waals surface area contributed by atoms with Crippen molar-refractivity contribution in [3.63, 3.8) is 0 Å². The van der Waals surface area contributed by atoms with Crippen molar-refractivity contribution in [2.24, 2.45) is 0 Å². The van der Waals surface area contributed by atoms with Gasteiger partial charge in [-0.05, 0) is 50.3 Å². The van der Waals surface area contributed by atoms with Crippen LogP contribution in [0.25, 0.3) is 0 Å². The molecule has 20 heavy (non-hydrogen) atoms. The van der Waals surface area contributed by atoms with Crippen LogP contribution in [0.3, 0.4) is 0 Å². The molecule has 1 N–H and O–H groups in total. The van der Waals surface area contributed by atoms with Crippen LogP contribution in [-0.2, 0) is 10.0 Å². The SMILES string of the molecule is Cc1ccc(F)c(S(=O)(=O)N(CCCCO)C2CC2)c1. The van der Waals surface area contributed by atoms with Crippen LogP contribution in [0, 0.1) is 12.7 Å². The highest BCUT2D eigenvalue weighted by molar-refractivity contribution is 7.89. The Morgan fingerprint density at radius 3 is 2.65 bits per heavy atom. The highest BCUT2D eigenvalue weighted by Gasteiger charge is 2.38. The van der Waals surface area contributed by atoms with Crippen molar-refractivity contribution >= 4 is 10.0 Å². The first-order valence-corrected chi connectivity index (χ1v) is 8.29. The van der Waals surface area contributed by atoms with Gasteiger partial charge in [0, 0.05) is 19.2 Å². The normalized spacial score (nSPS) is 15.8. The van der Waals surface area contributed by atoms with Crippen LogP contribution in [0.1, 0.15) is 31.2 Å².